The van der Waals surface area contributed by atoms with Crippen LogP contribution in [0.25, 0.3) is 6.08 Å². The van der Waals surface area contributed by atoms with Crippen molar-refractivity contribution >= 4 is 64.4 Å². The molecule has 3 aromatic carbocycles. The highest BCUT2D eigenvalue weighted by molar-refractivity contribution is 6.39. The predicted octanol–water partition coefficient (Wildman–Crippen LogP) is 5.60. The molecule has 0 aliphatic carbocycles. The zero-order valence-electron chi connectivity index (χ0n) is 20.7. The van der Waals surface area contributed by atoms with Crippen LogP contribution in [0.5, 0.6) is 5.75 Å². The summed E-state index contributed by atoms with van der Waals surface area (Å²) in [5.74, 6) is -1.75. The van der Waals surface area contributed by atoms with Gasteiger partial charge in [-0.15, -0.1) is 0 Å². The Morgan fingerprint density at radius 3 is 2.34 bits per heavy atom. The number of carbonyl (C=O) groups is 4. The lowest BCUT2D eigenvalue weighted by atomic mass is 10.0. The molecule has 4 rings (SSSR count). The fraction of sp³-hybridized carbons (Fsp3) is 0.143. The second kappa shape index (κ2) is 11.1. The van der Waals surface area contributed by atoms with E-state index in [-0.39, 0.29) is 23.0 Å². The molecule has 1 fully saturated rings. The van der Waals surface area contributed by atoms with Crippen molar-refractivity contribution in [3.05, 3.63) is 92.5 Å². The molecule has 194 valence electrons. The largest absolute Gasteiger partial charge is 0.482 e. The number of hydrogen-bond acceptors (Lipinski definition) is 5. The molecule has 1 heterocycles. The third-order valence-electron chi connectivity index (χ3n) is 5.93. The van der Waals surface area contributed by atoms with Crippen LogP contribution in [0.15, 0.2) is 60.2 Å². The van der Waals surface area contributed by atoms with Crippen LogP contribution in [-0.4, -0.2) is 30.4 Å². The smallest absolute Gasteiger partial charge is 0.335 e. The molecular weight excluding hydrogens is 529 g/mol. The molecule has 10 heteroatoms. The molecule has 0 bridgehead atoms. The minimum absolute atomic E-state index is 0.163. The van der Waals surface area contributed by atoms with Gasteiger partial charge in [0.1, 0.15) is 11.3 Å². The van der Waals surface area contributed by atoms with Crippen molar-refractivity contribution in [2.24, 2.45) is 0 Å². The molecule has 1 aliphatic heterocycles. The third kappa shape index (κ3) is 5.88. The Bertz CT molecular complexity index is 1520. The monoisotopic (exact) mass is 551 g/mol. The minimum Gasteiger partial charge on any atom is -0.482 e. The van der Waals surface area contributed by atoms with Crippen molar-refractivity contribution in [2.45, 2.75) is 20.8 Å². The van der Waals surface area contributed by atoms with Gasteiger partial charge < -0.3 is 10.1 Å². The van der Waals surface area contributed by atoms with Crippen LogP contribution in [0.3, 0.4) is 0 Å². The lowest BCUT2D eigenvalue weighted by molar-refractivity contribution is -0.122. The fourth-order valence-electron chi connectivity index (χ4n) is 3.66. The number of hydrogen-bond donors (Lipinski definition) is 2. The number of aryl methyl sites for hydroxylation is 3. The molecule has 0 unspecified atom stereocenters. The summed E-state index contributed by atoms with van der Waals surface area (Å²) >= 11 is 12.4. The summed E-state index contributed by atoms with van der Waals surface area (Å²) in [6.07, 6.45) is 1.33. The van der Waals surface area contributed by atoms with Crippen molar-refractivity contribution in [2.75, 3.05) is 16.8 Å². The Balaban J connectivity index is 1.48. The number of nitrogens with zero attached hydrogens (tertiary/aromatic N) is 1. The zero-order valence-corrected chi connectivity index (χ0v) is 22.2. The van der Waals surface area contributed by atoms with Crippen molar-refractivity contribution in [1.82, 2.24) is 5.32 Å². The maximum Gasteiger partial charge on any atom is 0.335 e. The molecule has 1 aliphatic rings. The summed E-state index contributed by atoms with van der Waals surface area (Å²) in [7, 11) is 0. The topological polar surface area (TPSA) is 105 Å². The Labute approximate surface area is 229 Å². The number of benzene rings is 3. The Hall–Kier alpha value is -4.14. The molecule has 5 amide bonds. The number of imide groups is 2. The van der Waals surface area contributed by atoms with E-state index in [1.807, 2.05) is 20.8 Å². The van der Waals surface area contributed by atoms with E-state index in [0.717, 1.165) is 21.6 Å². The number of rotatable bonds is 6. The van der Waals surface area contributed by atoms with Crippen LogP contribution in [0, 0.1) is 20.8 Å². The van der Waals surface area contributed by atoms with Crippen LogP contribution >= 0.6 is 23.2 Å². The summed E-state index contributed by atoms with van der Waals surface area (Å²) in [5.41, 5.74) is 3.86. The van der Waals surface area contributed by atoms with Gasteiger partial charge in [0.15, 0.2) is 6.61 Å². The van der Waals surface area contributed by atoms with Crippen LogP contribution in [0.4, 0.5) is 16.2 Å². The minimum atomic E-state index is -0.826. The van der Waals surface area contributed by atoms with Crippen molar-refractivity contribution in [1.29, 1.82) is 0 Å². The van der Waals surface area contributed by atoms with Gasteiger partial charge in [-0.2, -0.15) is 0 Å². The molecule has 38 heavy (non-hydrogen) atoms. The first-order valence-corrected chi connectivity index (χ1v) is 12.3. The van der Waals surface area contributed by atoms with Gasteiger partial charge in [0, 0.05) is 10.7 Å². The van der Waals surface area contributed by atoms with Gasteiger partial charge in [0.2, 0.25) is 0 Å². The standard InChI is InChI=1S/C28H23Cl2N3O5/c1-15-5-8-20(10-17(15)3)33-27(36)21(26(35)32-28(33)37)11-18-6-9-24(23(30)12-18)38-14-25(34)31-19-7-4-16(2)22(29)13-19/h4-13H,14H2,1-3H3,(H,31,34)(H,32,35,37)/b21-11-. The quantitative estimate of drug-likeness (QED) is 0.306. The second-order valence-corrected chi connectivity index (χ2v) is 9.53. The average molecular weight is 552 g/mol. The van der Waals surface area contributed by atoms with Gasteiger partial charge in [0.05, 0.1) is 10.7 Å². The van der Waals surface area contributed by atoms with E-state index in [2.05, 4.69) is 10.6 Å². The van der Waals surface area contributed by atoms with Crippen molar-refractivity contribution < 1.29 is 23.9 Å². The number of amides is 5. The number of carbonyl (C=O) groups excluding carboxylic acids is 4. The number of urea groups is 1. The van der Waals surface area contributed by atoms with Gasteiger partial charge in [0.25, 0.3) is 17.7 Å². The maximum absolute atomic E-state index is 13.1. The summed E-state index contributed by atoms with van der Waals surface area (Å²) in [5, 5.41) is 5.58. The van der Waals surface area contributed by atoms with Gasteiger partial charge in [-0.25, -0.2) is 9.69 Å². The molecule has 2 N–H and O–H groups in total. The first-order chi connectivity index (χ1) is 18.0. The van der Waals surface area contributed by atoms with Crippen molar-refractivity contribution in [3.8, 4) is 5.75 Å². The van der Waals surface area contributed by atoms with E-state index in [9.17, 15) is 19.2 Å². The van der Waals surface area contributed by atoms with E-state index in [0.29, 0.717) is 22.0 Å². The molecule has 0 radical (unpaired) electrons. The normalized spacial score (nSPS) is 14.5. The van der Waals surface area contributed by atoms with Gasteiger partial charge in [-0.1, -0.05) is 41.4 Å². The number of halogens is 2. The highest BCUT2D eigenvalue weighted by atomic mass is 35.5. The van der Waals surface area contributed by atoms with E-state index in [1.165, 1.54) is 18.2 Å². The lowest BCUT2D eigenvalue weighted by Crippen LogP contribution is -2.54. The highest BCUT2D eigenvalue weighted by Crippen LogP contribution is 2.28. The SMILES string of the molecule is Cc1ccc(N2C(=O)NC(=O)/C(=C/c3ccc(OCC(=O)Nc4ccc(C)c(Cl)c4)c(Cl)c3)C2=O)cc1C. The summed E-state index contributed by atoms with van der Waals surface area (Å²) < 4.78 is 5.52. The van der Waals surface area contributed by atoms with E-state index >= 15 is 0 Å². The Morgan fingerprint density at radius 2 is 1.66 bits per heavy atom. The molecule has 8 nitrogen and oxygen atoms in total. The van der Waals surface area contributed by atoms with Crippen LogP contribution in [-0.2, 0) is 14.4 Å². The fourth-order valence-corrected chi connectivity index (χ4v) is 4.08. The number of anilines is 2. The highest BCUT2D eigenvalue weighted by Gasteiger charge is 2.36. The van der Waals surface area contributed by atoms with Crippen LogP contribution in [0.1, 0.15) is 22.3 Å². The number of barbiturate groups is 1. The molecule has 0 spiro atoms. The molecule has 1 saturated heterocycles. The summed E-state index contributed by atoms with van der Waals surface area (Å²) in [6, 6.07) is 14.0. The molecular formula is C28H23Cl2N3O5. The third-order valence-corrected chi connectivity index (χ3v) is 6.63. The van der Waals surface area contributed by atoms with Crippen LogP contribution < -0.4 is 20.3 Å². The molecule has 0 aromatic heterocycles. The predicted molar refractivity (Wildman–Crippen MR) is 147 cm³/mol. The van der Waals surface area contributed by atoms with E-state index in [1.54, 1.807) is 42.5 Å². The first-order valence-electron chi connectivity index (χ1n) is 11.5. The van der Waals surface area contributed by atoms with Crippen LogP contribution in [0.2, 0.25) is 10.0 Å². The zero-order chi connectivity index (χ0) is 27.6. The van der Waals surface area contributed by atoms with Gasteiger partial charge in [-0.05, 0) is 85.5 Å². The molecule has 0 saturated carbocycles. The first kappa shape index (κ1) is 26.9. The van der Waals surface area contributed by atoms with E-state index < -0.39 is 23.8 Å². The second-order valence-electron chi connectivity index (χ2n) is 8.72. The Morgan fingerprint density at radius 1 is 0.921 bits per heavy atom. The lowest BCUT2D eigenvalue weighted by Gasteiger charge is -2.26. The van der Waals surface area contributed by atoms with Gasteiger partial charge >= 0.3 is 6.03 Å². The summed E-state index contributed by atoms with van der Waals surface area (Å²) in [6.45, 7) is 5.32. The number of ether oxygens (including phenoxy) is 1. The van der Waals surface area contributed by atoms with Gasteiger partial charge in [-0.3, -0.25) is 19.7 Å². The average Bonchev–Trinajstić information content (AvgIpc) is 2.85. The Kier molecular flexibility index (Phi) is 7.85. The summed E-state index contributed by atoms with van der Waals surface area (Å²) in [4.78, 5) is 51.2. The molecule has 0 atom stereocenters. The van der Waals surface area contributed by atoms with Crippen molar-refractivity contribution in [3.63, 3.8) is 0 Å². The molecule has 3 aromatic rings. The maximum atomic E-state index is 13.1. The number of nitrogens with one attached hydrogen (secondary N) is 2. The van der Waals surface area contributed by atoms with E-state index in [4.69, 9.17) is 27.9 Å².